The maximum atomic E-state index is 12.6. The molecule has 0 saturated heterocycles. The summed E-state index contributed by atoms with van der Waals surface area (Å²) in [6.07, 6.45) is 0. The zero-order valence-corrected chi connectivity index (χ0v) is 12.8. The number of hydrogen-bond acceptors (Lipinski definition) is 2. The van der Waals surface area contributed by atoms with Crippen molar-refractivity contribution in [1.29, 1.82) is 0 Å². The number of carbonyl (C=O) groups is 1. The molecule has 1 aromatic carbocycles. The minimum atomic E-state index is -5.29. The van der Waals surface area contributed by atoms with Crippen molar-refractivity contribution in [3.63, 3.8) is 0 Å². The third-order valence-electron chi connectivity index (χ3n) is 2.16. The molecule has 8 heteroatoms. The second kappa shape index (κ2) is 6.24. The first-order valence-electron chi connectivity index (χ1n) is 4.39. The van der Waals surface area contributed by atoms with Gasteiger partial charge in [-0.15, -0.1) is 0 Å². The molecule has 17 heavy (non-hydrogen) atoms. The van der Waals surface area contributed by atoms with Gasteiger partial charge in [-0.2, -0.15) is 0 Å². The van der Waals surface area contributed by atoms with E-state index in [9.17, 15) is 17.7 Å². The van der Waals surface area contributed by atoms with Crippen molar-refractivity contribution in [3.8, 4) is 5.75 Å². The molecular formula is C9H9BF3KO3. The molecule has 0 aliphatic rings. The van der Waals surface area contributed by atoms with Gasteiger partial charge in [0, 0.05) is 0 Å². The molecule has 0 unspecified atom stereocenters. The van der Waals surface area contributed by atoms with Crippen molar-refractivity contribution in [1.82, 2.24) is 0 Å². The number of benzene rings is 1. The Balaban J connectivity index is 0.00000256. The van der Waals surface area contributed by atoms with Crippen LogP contribution in [0.2, 0.25) is 0 Å². The normalized spacial score (nSPS) is 10.6. The molecule has 0 aliphatic heterocycles. The first-order chi connectivity index (χ1) is 7.27. The van der Waals surface area contributed by atoms with E-state index in [1.54, 1.807) is 0 Å². The zero-order valence-electron chi connectivity index (χ0n) is 9.63. The van der Waals surface area contributed by atoms with Crippen LogP contribution in [0.5, 0.6) is 5.75 Å². The summed E-state index contributed by atoms with van der Waals surface area (Å²) in [6, 6.07) is 1.69. The third-order valence-corrected chi connectivity index (χ3v) is 2.16. The molecular weight excluding hydrogens is 263 g/mol. The van der Waals surface area contributed by atoms with Crippen molar-refractivity contribution in [2.45, 2.75) is 6.92 Å². The Morgan fingerprint density at radius 2 is 1.88 bits per heavy atom. The Morgan fingerprint density at radius 3 is 2.24 bits per heavy atom. The fourth-order valence-electron chi connectivity index (χ4n) is 1.36. The van der Waals surface area contributed by atoms with E-state index in [1.165, 1.54) is 6.92 Å². The van der Waals surface area contributed by atoms with Gasteiger partial charge in [0.05, 0.1) is 18.4 Å². The Hall–Kier alpha value is -0.0187. The fourth-order valence-corrected chi connectivity index (χ4v) is 1.36. The minimum absolute atomic E-state index is 0. The topological polar surface area (TPSA) is 46.5 Å². The van der Waals surface area contributed by atoms with E-state index in [2.05, 4.69) is 4.74 Å². The predicted octanol–water partition coefficient (Wildman–Crippen LogP) is -1.24. The number of rotatable bonds is 3. The van der Waals surface area contributed by atoms with E-state index in [4.69, 9.17) is 5.11 Å². The molecule has 0 saturated carbocycles. The number of hydrogen-bond donors (Lipinski definition) is 1. The average molecular weight is 272 g/mol. The molecule has 0 bridgehead atoms. The van der Waals surface area contributed by atoms with E-state index in [0.717, 1.165) is 13.2 Å². The number of carboxylic acid groups (broad SMARTS) is 1. The van der Waals surface area contributed by atoms with Crippen LogP contribution in [0.3, 0.4) is 0 Å². The molecule has 0 aromatic heterocycles. The second-order valence-electron chi connectivity index (χ2n) is 3.29. The summed E-state index contributed by atoms with van der Waals surface area (Å²) in [6.45, 7) is -3.87. The van der Waals surface area contributed by atoms with E-state index >= 15 is 0 Å². The predicted molar refractivity (Wildman–Crippen MR) is 53.4 cm³/mol. The van der Waals surface area contributed by atoms with Crippen LogP contribution in [0.4, 0.5) is 12.9 Å². The molecule has 88 valence electrons. The largest absolute Gasteiger partial charge is 1.00 e. The SMILES string of the molecule is COc1cc(C)c(C(=O)O)cc1[B-](F)(F)F.[K+]. The Bertz CT molecular complexity index is 434. The summed E-state index contributed by atoms with van der Waals surface area (Å²) in [5, 5.41) is 8.72. The maximum absolute atomic E-state index is 12.6. The van der Waals surface area contributed by atoms with Gasteiger partial charge in [-0.25, -0.2) is 4.79 Å². The first kappa shape index (κ1) is 17.0. The minimum Gasteiger partial charge on any atom is -0.500 e. The maximum Gasteiger partial charge on any atom is 1.00 e. The van der Waals surface area contributed by atoms with Gasteiger partial charge in [0.15, 0.2) is 0 Å². The molecule has 0 aliphatic carbocycles. The van der Waals surface area contributed by atoms with Crippen LogP contribution in [-0.2, 0) is 0 Å². The van der Waals surface area contributed by atoms with Crippen LogP contribution in [0.25, 0.3) is 0 Å². The second-order valence-corrected chi connectivity index (χ2v) is 3.29. The van der Waals surface area contributed by atoms with Gasteiger partial charge in [-0.05, 0) is 18.6 Å². The van der Waals surface area contributed by atoms with E-state index in [1.807, 2.05) is 0 Å². The smallest absolute Gasteiger partial charge is 0.500 e. The Labute approximate surface area is 139 Å². The Kier molecular flexibility index (Phi) is 6.23. The van der Waals surface area contributed by atoms with Gasteiger partial charge in [0.25, 0.3) is 0 Å². The van der Waals surface area contributed by atoms with Gasteiger partial charge in [0.2, 0.25) is 0 Å². The number of carboxylic acids is 1. The zero-order chi connectivity index (χ0) is 12.5. The number of methoxy groups -OCH3 is 1. The molecule has 1 rings (SSSR count). The summed E-state index contributed by atoms with van der Waals surface area (Å²) in [4.78, 5) is 10.7. The van der Waals surface area contributed by atoms with Crippen LogP contribution in [0.1, 0.15) is 15.9 Å². The standard InChI is InChI=1S/C9H9BF3O3.K/c1-5-3-8(16-2)7(10(11,12)13)4-6(5)9(14)15;/h3-4H,1-2H3,(H,14,15);/q-1;+1. The summed E-state index contributed by atoms with van der Waals surface area (Å²) in [5.74, 6) is -1.74. The van der Waals surface area contributed by atoms with Crippen molar-refractivity contribution >= 4 is 18.4 Å². The molecule has 0 atom stereocenters. The summed E-state index contributed by atoms with van der Waals surface area (Å²) in [5.41, 5.74) is -1.16. The number of aryl methyl sites for hydroxylation is 1. The molecule has 0 spiro atoms. The summed E-state index contributed by atoms with van der Waals surface area (Å²) in [7, 11) is 1.11. The van der Waals surface area contributed by atoms with Crippen LogP contribution < -0.4 is 61.6 Å². The average Bonchev–Trinajstić information content (AvgIpc) is 2.14. The number of aromatic carboxylic acids is 1. The third kappa shape index (κ3) is 3.99. The molecule has 0 amide bonds. The van der Waals surface area contributed by atoms with E-state index in [0.29, 0.717) is 6.07 Å². The molecule has 0 radical (unpaired) electrons. The molecule has 0 fully saturated rings. The van der Waals surface area contributed by atoms with Crippen molar-refractivity contribution < 1.29 is 79.0 Å². The van der Waals surface area contributed by atoms with Gasteiger partial charge in [-0.1, -0.05) is 11.5 Å². The first-order valence-corrected chi connectivity index (χ1v) is 4.39. The fraction of sp³-hybridized carbons (Fsp3) is 0.222. The summed E-state index contributed by atoms with van der Waals surface area (Å²) < 4.78 is 42.4. The van der Waals surface area contributed by atoms with Crippen molar-refractivity contribution in [2.24, 2.45) is 0 Å². The quantitative estimate of drug-likeness (QED) is 0.700. The van der Waals surface area contributed by atoms with Crippen LogP contribution in [0, 0.1) is 6.92 Å². The molecule has 1 aromatic rings. The van der Waals surface area contributed by atoms with Crippen LogP contribution in [-0.4, -0.2) is 25.2 Å². The Morgan fingerprint density at radius 1 is 1.35 bits per heavy atom. The molecule has 1 N–H and O–H groups in total. The molecule has 3 nitrogen and oxygen atoms in total. The molecule has 0 heterocycles. The van der Waals surface area contributed by atoms with E-state index < -0.39 is 18.4 Å². The summed E-state index contributed by atoms with van der Waals surface area (Å²) >= 11 is 0. The number of halogens is 3. The monoisotopic (exact) mass is 272 g/mol. The number of ether oxygens (including phenoxy) is 1. The van der Waals surface area contributed by atoms with Crippen molar-refractivity contribution in [2.75, 3.05) is 7.11 Å². The van der Waals surface area contributed by atoms with E-state index in [-0.39, 0.29) is 68.3 Å². The van der Waals surface area contributed by atoms with Crippen LogP contribution in [0.15, 0.2) is 12.1 Å². The van der Waals surface area contributed by atoms with Crippen molar-refractivity contribution in [3.05, 3.63) is 23.3 Å². The van der Waals surface area contributed by atoms with Gasteiger partial charge in [0.1, 0.15) is 0 Å². The van der Waals surface area contributed by atoms with Gasteiger partial charge < -0.3 is 22.8 Å². The van der Waals surface area contributed by atoms with Crippen LogP contribution >= 0.6 is 0 Å². The van der Waals surface area contributed by atoms with Gasteiger partial charge >= 0.3 is 64.3 Å². The van der Waals surface area contributed by atoms with Gasteiger partial charge in [-0.3, -0.25) is 0 Å².